The molecule has 0 spiro atoms. The zero-order chi connectivity index (χ0) is 15.6. The lowest BCUT2D eigenvalue weighted by atomic mass is 9.97. The quantitative estimate of drug-likeness (QED) is 0.571. The van der Waals surface area contributed by atoms with E-state index < -0.39 is 0 Å². The van der Waals surface area contributed by atoms with E-state index in [0.29, 0.717) is 13.2 Å². The van der Waals surface area contributed by atoms with Crippen molar-refractivity contribution in [1.29, 1.82) is 0 Å². The van der Waals surface area contributed by atoms with Crippen LogP contribution in [-0.2, 0) is 4.79 Å². The lowest BCUT2D eigenvalue weighted by Crippen LogP contribution is -2.29. The third-order valence-corrected chi connectivity index (χ3v) is 3.74. The number of hydrogen-bond donors (Lipinski definition) is 2. The van der Waals surface area contributed by atoms with Crippen molar-refractivity contribution in [3.63, 3.8) is 0 Å². The molecule has 0 aromatic heterocycles. The van der Waals surface area contributed by atoms with E-state index >= 15 is 0 Å². The van der Waals surface area contributed by atoms with Crippen molar-refractivity contribution in [2.24, 2.45) is 0 Å². The standard InChI is InChI=1S/C18H26N2O2/c1-2-22-17-10-8-16(9-11-17)20-18(21)14-19-13-12-15-6-4-3-5-7-15/h6,8-11,19H,2-5,7,12-14H2,1H3,(H,20,21). The lowest BCUT2D eigenvalue weighted by Gasteiger charge is -2.13. The minimum absolute atomic E-state index is 0.0122. The molecule has 4 nitrogen and oxygen atoms in total. The van der Waals surface area contributed by atoms with Crippen LogP contribution in [-0.4, -0.2) is 25.6 Å². The fraction of sp³-hybridized carbons (Fsp3) is 0.500. The van der Waals surface area contributed by atoms with Crippen molar-refractivity contribution in [2.75, 3.05) is 25.0 Å². The van der Waals surface area contributed by atoms with Crippen LogP contribution in [0.15, 0.2) is 35.9 Å². The van der Waals surface area contributed by atoms with Crippen LogP contribution in [0.3, 0.4) is 0 Å². The summed E-state index contributed by atoms with van der Waals surface area (Å²) in [6, 6.07) is 7.44. The summed E-state index contributed by atoms with van der Waals surface area (Å²) in [5, 5.41) is 6.08. The third-order valence-electron chi connectivity index (χ3n) is 3.74. The molecule has 4 heteroatoms. The molecule has 0 radical (unpaired) electrons. The Balaban J connectivity index is 1.63. The van der Waals surface area contributed by atoms with E-state index in [2.05, 4.69) is 16.7 Å². The Kier molecular flexibility index (Phi) is 6.97. The summed E-state index contributed by atoms with van der Waals surface area (Å²) in [4.78, 5) is 11.9. The van der Waals surface area contributed by atoms with Gasteiger partial charge in [-0.2, -0.15) is 0 Å². The van der Waals surface area contributed by atoms with Crippen molar-refractivity contribution in [3.05, 3.63) is 35.9 Å². The second-order valence-electron chi connectivity index (χ2n) is 5.54. The molecule has 1 aromatic carbocycles. The Hall–Kier alpha value is -1.81. The molecule has 0 fully saturated rings. The van der Waals surface area contributed by atoms with Crippen LogP contribution >= 0.6 is 0 Å². The van der Waals surface area contributed by atoms with E-state index in [1.165, 1.54) is 31.3 Å². The number of allylic oxidation sites excluding steroid dienone is 1. The van der Waals surface area contributed by atoms with Crippen molar-refractivity contribution < 1.29 is 9.53 Å². The normalized spacial score (nSPS) is 14.3. The van der Waals surface area contributed by atoms with Gasteiger partial charge in [-0.1, -0.05) is 11.6 Å². The Bertz CT molecular complexity index is 494. The fourth-order valence-electron chi connectivity index (χ4n) is 2.59. The molecule has 1 aliphatic rings. The molecule has 0 saturated heterocycles. The summed E-state index contributed by atoms with van der Waals surface area (Å²) in [5.41, 5.74) is 2.33. The van der Waals surface area contributed by atoms with Crippen LogP contribution in [0.5, 0.6) is 5.75 Å². The maximum absolute atomic E-state index is 11.9. The van der Waals surface area contributed by atoms with Gasteiger partial charge >= 0.3 is 0 Å². The summed E-state index contributed by atoms with van der Waals surface area (Å²) >= 11 is 0. The van der Waals surface area contributed by atoms with Crippen molar-refractivity contribution in [1.82, 2.24) is 5.32 Å². The number of anilines is 1. The predicted octanol–water partition coefficient (Wildman–Crippen LogP) is 3.50. The highest BCUT2D eigenvalue weighted by Gasteiger charge is 2.05. The minimum atomic E-state index is -0.0122. The Labute approximate surface area is 132 Å². The summed E-state index contributed by atoms with van der Waals surface area (Å²) in [6.45, 7) is 3.81. The topological polar surface area (TPSA) is 50.4 Å². The highest BCUT2D eigenvalue weighted by Crippen LogP contribution is 2.19. The van der Waals surface area contributed by atoms with Gasteiger partial charge in [-0.05, 0) is 69.8 Å². The molecule has 0 saturated carbocycles. The maximum atomic E-state index is 11.9. The summed E-state index contributed by atoms with van der Waals surface area (Å²) in [6.07, 6.45) is 8.47. The molecule has 2 N–H and O–H groups in total. The van der Waals surface area contributed by atoms with Crippen molar-refractivity contribution >= 4 is 11.6 Å². The zero-order valence-electron chi connectivity index (χ0n) is 13.4. The van der Waals surface area contributed by atoms with Gasteiger partial charge in [0.25, 0.3) is 0 Å². The number of benzene rings is 1. The van der Waals surface area contributed by atoms with Crippen molar-refractivity contribution in [2.45, 2.75) is 39.0 Å². The molecule has 0 heterocycles. The van der Waals surface area contributed by atoms with Crippen LogP contribution < -0.4 is 15.4 Å². The number of nitrogens with one attached hydrogen (secondary N) is 2. The number of hydrogen-bond acceptors (Lipinski definition) is 3. The zero-order valence-corrected chi connectivity index (χ0v) is 13.4. The smallest absolute Gasteiger partial charge is 0.238 e. The largest absolute Gasteiger partial charge is 0.494 e. The Morgan fingerprint density at radius 2 is 2.05 bits per heavy atom. The van der Waals surface area contributed by atoms with Gasteiger partial charge in [0.2, 0.25) is 5.91 Å². The Morgan fingerprint density at radius 3 is 2.73 bits per heavy atom. The first-order valence-corrected chi connectivity index (χ1v) is 8.19. The second kappa shape index (κ2) is 9.26. The number of ether oxygens (including phenoxy) is 1. The fourth-order valence-corrected chi connectivity index (χ4v) is 2.59. The van der Waals surface area contributed by atoms with Gasteiger partial charge in [0.15, 0.2) is 0 Å². The molecular formula is C18H26N2O2. The minimum Gasteiger partial charge on any atom is -0.494 e. The van der Waals surface area contributed by atoms with Gasteiger partial charge < -0.3 is 15.4 Å². The summed E-state index contributed by atoms with van der Waals surface area (Å²) in [7, 11) is 0. The summed E-state index contributed by atoms with van der Waals surface area (Å²) < 4.78 is 5.37. The lowest BCUT2D eigenvalue weighted by molar-refractivity contribution is -0.115. The van der Waals surface area contributed by atoms with Crippen LogP contribution in [0.2, 0.25) is 0 Å². The number of carbonyl (C=O) groups excluding carboxylic acids is 1. The number of carbonyl (C=O) groups is 1. The van der Waals surface area contributed by atoms with Crippen LogP contribution in [0, 0.1) is 0 Å². The van der Waals surface area contributed by atoms with Gasteiger partial charge in [0.1, 0.15) is 5.75 Å². The monoisotopic (exact) mass is 302 g/mol. The molecule has 0 aliphatic heterocycles. The van der Waals surface area contributed by atoms with Gasteiger partial charge in [-0.15, -0.1) is 0 Å². The van der Waals surface area contributed by atoms with Gasteiger partial charge in [-0.3, -0.25) is 4.79 Å². The van der Waals surface area contributed by atoms with Crippen LogP contribution in [0.4, 0.5) is 5.69 Å². The first kappa shape index (κ1) is 16.6. The van der Waals surface area contributed by atoms with Crippen LogP contribution in [0.1, 0.15) is 39.0 Å². The van der Waals surface area contributed by atoms with Gasteiger partial charge in [0.05, 0.1) is 13.2 Å². The van der Waals surface area contributed by atoms with Crippen molar-refractivity contribution in [3.8, 4) is 5.75 Å². The first-order chi connectivity index (χ1) is 10.8. The van der Waals surface area contributed by atoms with Gasteiger partial charge in [-0.25, -0.2) is 0 Å². The van der Waals surface area contributed by atoms with E-state index in [9.17, 15) is 4.79 Å². The molecule has 22 heavy (non-hydrogen) atoms. The van der Waals surface area contributed by atoms with E-state index in [4.69, 9.17) is 4.74 Å². The molecule has 1 aliphatic carbocycles. The number of amides is 1. The molecule has 2 rings (SSSR count). The SMILES string of the molecule is CCOc1ccc(NC(=O)CNCCC2=CCCCC2)cc1. The van der Waals surface area contributed by atoms with E-state index in [1.807, 2.05) is 31.2 Å². The molecule has 0 atom stereocenters. The van der Waals surface area contributed by atoms with Gasteiger partial charge in [0, 0.05) is 5.69 Å². The second-order valence-corrected chi connectivity index (χ2v) is 5.54. The highest BCUT2D eigenvalue weighted by molar-refractivity contribution is 5.92. The summed E-state index contributed by atoms with van der Waals surface area (Å²) in [5.74, 6) is 0.807. The molecule has 1 aromatic rings. The van der Waals surface area contributed by atoms with E-state index in [0.717, 1.165) is 24.4 Å². The number of rotatable bonds is 8. The highest BCUT2D eigenvalue weighted by atomic mass is 16.5. The van der Waals surface area contributed by atoms with E-state index in [-0.39, 0.29) is 5.91 Å². The molecular weight excluding hydrogens is 276 g/mol. The first-order valence-electron chi connectivity index (χ1n) is 8.19. The van der Waals surface area contributed by atoms with E-state index in [1.54, 1.807) is 0 Å². The maximum Gasteiger partial charge on any atom is 0.238 e. The molecule has 0 unspecified atom stereocenters. The Morgan fingerprint density at radius 1 is 1.23 bits per heavy atom. The third kappa shape index (κ3) is 5.90. The average Bonchev–Trinajstić information content (AvgIpc) is 2.55. The molecule has 120 valence electrons. The predicted molar refractivity (Wildman–Crippen MR) is 90.3 cm³/mol. The van der Waals surface area contributed by atoms with Crippen LogP contribution in [0.25, 0.3) is 0 Å². The molecule has 0 bridgehead atoms. The molecule has 1 amide bonds. The average molecular weight is 302 g/mol.